The molecule has 0 heterocycles. The Bertz CT molecular complexity index is 378. The molecule has 2 atom stereocenters. The van der Waals surface area contributed by atoms with Crippen LogP contribution < -0.4 is 5.73 Å². The van der Waals surface area contributed by atoms with Crippen LogP contribution in [-0.2, 0) is 5.54 Å². The van der Waals surface area contributed by atoms with Gasteiger partial charge < -0.3 is 10.8 Å². The first kappa shape index (κ1) is 10.4. The Kier molecular flexibility index (Phi) is 2.23. The summed E-state index contributed by atoms with van der Waals surface area (Å²) in [5, 5.41) is 9.70. The Morgan fingerprint density at radius 2 is 2.00 bits per heavy atom. The standard InChI is InChI=1S/C12H16FNO/c1-11(13)6-7-12(14,8-11)9-4-2-3-5-10(9)15/h2-5,15H,6-8,14H2,1H3. The molecule has 1 fully saturated rings. The number of aromatic hydroxyl groups is 1. The molecule has 3 N–H and O–H groups in total. The first-order valence-electron chi connectivity index (χ1n) is 5.19. The molecule has 0 bridgehead atoms. The zero-order valence-electron chi connectivity index (χ0n) is 8.83. The minimum atomic E-state index is -1.21. The van der Waals surface area contributed by atoms with Crippen molar-refractivity contribution in [1.82, 2.24) is 0 Å². The van der Waals surface area contributed by atoms with Crippen molar-refractivity contribution < 1.29 is 9.50 Å². The summed E-state index contributed by atoms with van der Waals surface area (Å²) in [4.78, 5) is 0. The smallest absolute Gasteiger partial charge is 0.120 e. The van der Waals surface area contributed by atoms with Crippen molar-refractivity contribution in [2.24, 2.45) is 5.73 Å². The molecule has 0 saturated heterocycles. The molecule has 0 spiro atoms. The van der Waals surface area contributed by atoms with Crippen molar-refractivity contribution in [2.75, 3.05) is 0 Å². The number of phenols is 1. The van der Waals surface area contributed by atoms with Crippen LogP contribution in [0, 0.1) is 0 Å². The highest BCUT2D eigenvalue weighted by Gasteiger charge is 2.45. The molecule has 2 nitrogen and oxygen atoms in total. The molecule has 2 unspecified atom stereocenters. The van der Waals surface area contributed by atoms with Gasteiger partial charge in [-0.1, -0.05) is 18.2 Å². The number of alkyl halides is 1. The second-order valence-electron chi connectivity index (χ2n) is 4.76. The molecule has 1 saturated carbocycles. The van der Waals surface area contributed by atoms with Gasteiger partial charge in [0.25, 0.3) is 0 Å². The van der Waals surface area contributed by atoms with Crippen LogP contribution in [0.5, 0.6) is 5.75 Å². The molecule has 15 heavy (non-hydrogen) atoms. The second-order valence-corrected chi connectivity index (χ2v) is 4.76. The SMILES string of the molecule is CC1(F)CCC(N)(c2ccccc2O)C1. The van der Waals surface area contributed by atoms with E-state index in [1.807, 2.05) is 6.07 Å². The van der Waals surface area contributed by atoms with E-state index >= 15 is 0 Å². The number of halogens is 1. The largest absolute Gasteiger partial charge is 0.508 e. The lowest BCUT2D eigenvalue weighted by atomic mass is 9.87. The fraction of sp³-hybridized carbons (Fsp3) is 0.500. The van der Waals surface area contributed by atoms with Crippen LogP contribution in [0.15, 0.2) is 24.3 Å². The van der Waals surface area contributed by atoms with Gasteiger partial charge in [0.1, 0.15) is 11.4 Å². The average molecular weight is 209 g/mol. The first-order chi connectivity index (χ1) is 6.93. The molecule has 0 aromatic heterocycles. The Morgan fingerprint density at radius 1 is 1.33 bits per heavy atom. The molecule has 1 aliphatic rings. The van der Waals surface area contributed by atoms with Gasteiger partial charge in [-0.2, -0.15) is 0 Å². The molecule has 1 aromatic rings. The van der Waals surface area contributed by atoms with E-state index in [4.69, 9.17) is 5.73 Å². The van der Waals surface area contributed by atoms with Gasteiger partial charge in [0.15, 0.2) is 0 Å². The third-order valence-corrected chi connectivity index (χ3v) is 3.22. The number of hydrogen-bond donors (Lipinski definition) is 2. The molecule has 3 heteroatoms. The fourth-order valence-electron chi connectivity index (χ4n) is 2.44. The predicted octanol–water partition coefficient (Wildman–Crippen LogP) is 2.46. The van der Waals surface area contributed by atoms with Gasteiger partial charge in [-0.3, -0.25) is 0 Å². The molecule has 2 rings (SSSR count). The summed E-state index contributed by atoms with van der Waals surface area (Å²) in [6, 6.07) is 6.93. The van der Waals surface area contributed by atoms with Gasteiger partial charge in [0, 0.05) is 17.5 Å². The third kappa shape index (κ3) is 1.84. The molecule has 0 aliphatic heterocycles. The van der Waals surface area contributed by atoms with E-state index in [0.717, 1.165) is 0 Å². The molecular formula is C12H16FNO. The van der Waals surface area contributed by atoms with Crippen molar-refractivity contribution in [3.63, 3.8) is 0 Å². The van der Waals surface area contributed by atoms with Gasteiger partial charge in [-0.15, -0.1) is 0 Å². The van der Waals surface area contributed by atoms with Crippen molar-refractivity contribution in [1.29, 1.82) is 0 Å². The Labute approximate surface area is 88.9 Å². The number of benzene rings is 1. The normalized spacial score (nSPS) is 35.7. The van der Waals surface area contributed by atoms with Crippen LogP contribution in [-0.4, -0.2) is 10.8 Å². The average Bonchev–Trinajstić information content (AvgIpc) is 2.42. The van der Waals surface area contributed by atoms with E-state index < -0.39 is 11.2 Å². The van der Waals surface area contributed by atoms with Gasteiger partial charge in [0.05, 0.1) is 0 Å². The van der Waals surface area contributed by atoms with Gasteiger partial charge in [-0.05, 0) is 25.8 Å². The highest BCUT2D eigenvalue weighted by molar-refractivity contribution is 5.39. The quantitative estimate of drug-likeness (QED) is 0.746. The molecule has 0 radical (unpaired) electrons. The predicted molar refractivity (Wildman–Crippen MR) is 57.3 cm³/mol. The van der Waals surface area contributed by atoms with Crippen LogP contribution >= 0.6 is 0 Å². The second kappa shape index (κ2) is 3.20. The summed E-state index contributed by atoms with van der Waals surface area (Å²) in [7, 11) is 0. The summed E-state index contributed by atoms with van der Waals surface area (Å²) in [6.07, 6.45) is 1.31. The van der Waals surface area contributed by atoms with E-state index in [9.17, 15) is 9.50 Å². The molecular weight excluding hydrogens is 193 g/mol. The number of nitrogens with two attached hydrogens (primary N) is 1. The van der Waals surface area contributed by atoms with Crippen molar-refractivity contribution >= 4 is 0 Å². The van der Waals surface area contributed by atoms with Crippen LogP contribution in [0.2, 0.25) is 0 Å². The van der Waals surface area contributed by atoms with E-state index in [2.05, 4.69) is 0 Å². The minimum absolute atomic E-state index is 0.165. The van der Waals surface area contributed by atoms with Gasteiger partial charge in [0.2, 0.25) is 0 Å². The maximum absolute atomic E-state index is 13.8. The fourth-order valence-corrected chi connectivity index (χ4v) is 2.44. The van der Waals surface area contributed by atoms with Gasteiger partial charge in [-0.25, -0.2) is 4.39 Å². The van der Waals surface area contributed by atoms with E-state index in [-0.39, 0.29) is 12.2 Å². The Balaban J connectivity index is 2.36. The number of hydrogen-bond acceptors (Lipinski definition) is 2. The minimum Gasteiger partial charge on any atom is -0.508 e. The van der Waals surface area contributed by atoms with Crippen molar-refractivity contribution in [3.05, 3.63) is 29.8 Å². The highest BCUT2D eigenvalue weighted by Crippen LogP contribution is 2.46. The third-order valence-electron chi connectivity index (χ3n) is 3.22. The summed E-state index contributed by atoms with van der Waals surface area (Å²) >= 11 is 0. The van der Waals surface area contributed by atoms with E-state index in [1.165, 1.54) is 0 Å². The molecule has 1 aliphatic carbocycles. The molecule has 82 valence electrons. The van der Waals surface area contributed by atoms with E-state index in [1.54, 1.807) is 25.1 Å². The summed E-state index contributed by atoms with van der Waals surface area (Å²) < 4.78 is 13.8. The van der Waals surface area contributed by atoms with Crippen LogP contribution in [0.1, 0.15) is 31.7 Å². The lowest BCUT2D eigenvalue weighted by Gasteiger charge is -2.26. The van der Waals surface area contributed by atoms with Crippen LogP contribution in [0.3, 0.4) is 0 Å². The summed E-state index contributed by atoms with van der Waals surface area (Å²) in [5.74, 6) is 0.165. The van der Waals surface area contributed by atoms with E-state index in [0.29, 0.717) is 18.4 Å². The lowest BCUT2D eigenvalue weighted by molar-refractivity contribution is 0.186. The zero-order valence-corrected chi connectivity index (χ0v) is 8.83. The maximum Gasteiger partial charge on any atom is 0.120 e. The molecule has 0 amide bonds. The van der Waals surface area contributed by atoms with Crippen molar-refractivity contribution in [3.8, 4) is 5.75 Å². The van der Waals surface area contributed by atoms with Crippen LogP contribution in [0.4, 0.5) is 4.39 Å². The molecule has 1 aromatic carbocycles. The van der Waals surface area contributed by atoms with Crippen LogP contribution in [0.25, 0.3) is 0 Å². The number of rotatable bonds is 1. The number of para-hydroxylation sites is 1. The Morgan fingerprint density at radius 3 is 2.53 bits per heavy atom. The van der Waals surface area contributed by atoms with Crippen molar-refractivity contribution in [2.45, 2.75) is 37.4 Å². The monoisotopic (exact) mass is 209 g/mol. The maximum atomic E-state index is 13.8. The highest BCUT2D eigenvalue weighted by atomic mass is 19.1. The summed E-state index contributed by atoms with van der Waals surface area (Å²) in [6.45, 7) is 1.57. The zero-order chi connectivity index (χ0) is 11.1. The topological polar surface area (TPSA) is 46.2 Å². The number of phenolic OH excluding ortho intramolecular Hbond substituents is 1. The van der Waals surface area contributed by atoms with Gasteiger partial charge >= 0.3 is 0 Å². The first-order valence-corrected chi connectivity index (χ1v) is 5.19. The Hall–Kier alpha value is -1.09. The summed E-state index contributed by atoms with van der Waals surface area (Å²) in [5.41, 5.74) is 4.89. The lowest BCUT2D eigenvalue weighted by Crippen LogP contribution is -2.35.